The number of likely N-dealkylation sites (tertiary alicyclic amines) is 1. The van der Waals surface area contributed by atoms with E-state index >= 15 is 0 Å². The highest BCUT2D eigenvalue weighted by molar-refractivity contribution is 5.99. The minimum absolute atomic E-state index is 0.0286. The van der Waals surface area contributed by atoms with Gasteiger partial charge in [-0.15, -0.1) is 0 Å². The second-order valence-corrected chi connectivity index (χ2v) is 10.8. The van der Waals surface area contributed by atoms with E-state index < -0.39 is 17.6 Å². The molecule has 1 aromatic carbocycles. The normalized spacial score (nSPS) is 24.3. The lowest BCUT2D eigenvalue weighted by Gasteiger charge is -2.29. The van der Waals surface area contributed by atoms with Gasteiger partial charge in [-0.25, -0.2) is 0 Å². The number of benzene rings is 1. The van der Waals surface area contributed by atoms with Crippen LogP contribution in [0.15, 0.2) is 42.7 Å². The number of pyridine rings is 1. The number of hydrogen-bond acceptors (Lipinski definition) is 5. The molecule has 39 heavy (non-hydrogen) atoms. The van der Waals surface area contributed by atoms with Crippen LogP contribution >= 0.6 is 0 Å². The van der Waals surface area contributed by atoms with Crippen molar-refractivity contribution >= 4 is 11.8 Å². The van der Waals surface area contributed by atoms with Gasteiger partial charge in [0.1, 0.15) is 0 Å². The standard InChI is InChI=1S/C29H35F3N4O3/c30-29(31,32)23-8-7-21-9-12-35(28(38)25(21)15-23)19-27(37)34-26-18-36(24-4-2-13-39-14-10-24)17-22(26)6-5-20-3-1-11-33-16-20/h1,3,7-8,11,15-16,22,24,26H,2,4-6,9-10,12-14,17-19H2,(H,34,37). The first-order valence-corrected chi connectivity index (χ1v) is 13.8. The molecule has 3 atom stereocenters. The molecular formula is C29H35F3N4O3. The summed E-state index contributed by atoms with van der Waals surface area (Å²) < 4.78 is 45.3. The Labute approximate surface area is 226 Å². The predicted molar refractivity (Wildman–Crippen MR) is 139 cm³/mol. The SMILES string of the molecule is O=C(CN1CCc2ccc(C(F)(F)F)cc2C1=O)NC1CN(C2CCCOCC2)CC1CCc1cccnc1. The van der Waals surface area contributed by atoms with Crippen molar-refractivity contribution in [3.63, 3.8) is 0 Å². The predicted octanol–water partition coefficient (Wildman–Crippen LogP) is 3.72. The topological polar surface area (TPSA) is 74.8 Å². The van der Waals surface area contributed by atoms with Gasteiger partial charge in [0, 0.05) is 62.9 Å². The zero-order valence-corrected chi connectivity index (χ0v) is 22.0. The lowest BCUT2D eigenvalue weighted by Crippen LogP contribution is -2.48. The molecule has 210 valence electrons. The highest BCUT2D eigenvalue weighted by Gasteiger charge is 2.38. The van der Waals surface area contributed by atoms with Gasteiger partial charge >= 0.3 is 6.18 Å². The van der Waals surface area contributed by atoms with E-state index in [0.29, 0.717) is 24.6 Å². The molecule has 2 amide bonds. The second-order valence-electron chi connectivity index (χ2n) is 10.8. The molecule has 0 radical (unpaired) electrons. The van der Waals surface area contributed by atoms with Crippen molar-refractivity contribution < 1.29 is 27.5 Å². The summed E-state index contributed by atoms with van der Waals surface area (Å²) in [5, 5.41) is 3.18. The molecule has 0 saturated carbocycles. The summed E-state index contributed by atoms with van der Waals surface area (Å²) in [5.41, 5.74) is 0.909. The van der Waals surface area contributed by atoms with Gasteiger partial charge in [0.25, 0.3) is 5.91 Å². The second kappa shape index (κ2) is 12.0. The number of rotatable bonds is 7. The number of ether oxygens (including phenoxy) is 1. The van der Waals surface area contributed by atoms with E-state index in [-0.39, 0.29) is 30.0 Å². The summed E-state index contributed by atoms with van der Waals surface area (Å²) in [6.45, 7) is 3.27. The average Bonchev–Trinajstić information content (AvgIpc) is 3.11. The Morgan fingerprint density at radius 1 is 1.15 bits per heavy atom. The van der Waals surface area contributed by atoms with Crippen LogP contribution in [0, 0.1) is 5.92 Å². The van der Waals surface area contributed by atoms with E-state index in [2.05, 4.69) is 21.3 Å². The van der Waals surface area contributed by atoms with Gasteiger partial charge in [-0.2, -0.15) is 13.2 Å². The third-order valence-electron chi connectivity index (χ3n) is 8.22. The van der Waals surface area contributed by atoms with Gasteiger partial charge in [0.15, 0.2) is 0 Å². The molecule has 2 fully saturated rings. The summed E-state index contributed by atoms with van der Waals surface area (Å²) in [5.74, 6) is -0.566. The van der Waals surface area contributed by atoms with Crippen molar-refractivity contribution in [3.8, 4) is 0 Å². The van der Waals surface area contributed by atoms with Gasteiger partial charge in [0.2, 0.25) is 5.91 Å². The van der Waals surface area contributed by atoms with E-state index in [1.807, 2.05) is 12.3 Å². The Balaban J connectivity index is 1.24. The molecule has 2 aromatic rings. The van der Waals surface area contributed by atoms with E-state index in [9.17, 15) is 22.8 Å². The summed E-state index contributed by atoms with van der Waals surface area (Å²) in [6, 6.07) is 7.60. The van der Waals surface area contributed by atoms with Crippen LogP contribution < -0.4 is 5.32 Å². The molecule has 0 spiro atoms. The molecule has 7 nitrogen and oxygen atoms in total. The summed E-state index contributed by atoms with van der Waals surface area (Å²) in [7, 11) is 0. The zero-order chi connectivity index (χ0) is 27.4. The average molecular weight is 545 g/mol. The minimum atomic E-state index is -4.53. The Morgan fingerprint density at radius 3 is 2.82 bits per heavy atom. The third-order valence-corrected chi connectivity index (χ3v) is 8.22. The smallest absolute Gasteiger partial charge is 0.381 e. The van der Waals surface area contributed by atoms with Crippen LogP contribution in [0.4, 0.5) is 13.2 Å². The number of hydrogen-bond donors (Lipinski definition) is 1. The van der Waals surface area contributed by atoms with Crippen LogP contribution in [-0.4, -0.2) is 78.1 Å². The molecule has 0 bridgehead atoms. The number of alkyl halides is 3. The molecule has 1 N–H and O–H groups in total. The molecule has 3 unspecified atom stereocenters. The summed E-state index contributed by atoms with van der Waals surface area (Å²) in [6.07, 6.45) is 4.32. The number of aryl methyl sites for hydroxylation is 1. The molecule has 3 aliphatic heterocycles. The number of carbonyl (C=O) groups excluding carboxylic acids is 2. The first-order valence-electron chi connectivity index (χ1n) is 13.8. The van der Waals surface area contributed by atoms with Crippen LogP contribution in [0.1, 0.15) is 52.7 Å². The molecule has 4 heterocycles. The van der Waals surface area contributed by atoms with Crippen molar-refractivity contribution in [3.05, 3.63) is 65.0 Å². The minimum Gasteiger partial charge on any atom is -0.381 e. The van der Waals surface area contributed by atoms with Crippen molar-refractivity contribution in [1.29, 1.82) is 0 Å². The monoisotopic (exact) mass is 544 g/mol. The van der Waals surface area contributed by atoms with Gasteiger partial charge in [0.05, 0.1) is 12.1 Å². The molecule has 3 aliphatic rings. The maximum Gasteiger partial charge on any atom is 0.416 e. The molecule has 10 heteroatoms. The zero-order valence-electron chi connectivity index (χ0n) is 22.0. The fourth-order valence-corrected chi connectivity index (χ4v) is 6.08. The van der Waals surface area contributed by atoms with Gasteiger partial charge in [-0.05, 0) is 73.8 Å². The third kappa shape index (κ3) is 6.78. The van der Waals surface area contributed by atoms with E-state index in [0.717, 1.165) is 76.1 Å². The Kier molecular flexibility index (Phi) is 8.52. The molecule has 2 saturated heterocycles. The molecular weight excluding hydrogens is 509 g/mol. The maximum absolute atomic E-state index is 13.2. The largest absolute Gasteiger partial charge is 0.416 e. The number of nitrogens with zero attached hydrogens (tertiary/aromatic N) is 3. The van der Waals surface area contributed by atoms with E-state index in [1.54, 1.807) is 6.20 Å². The Bertz CT molecular complexity index is 1150. The highest BCUT2D eigenvalue weighted by Crippen LogP contribution is 2.32. The van der Waals surface area contributed by atoms with Gasteiger partial charge in [-0.3, -0.25) is 19.5 Å². The fourth-order valence-electron chi connectivity index (χ4n) is 6.08. The van der Waals surface area contributed by atoms with E-state index in [4.69, 9.17) is 4.74 Å². The number of amides is 2. The van der Waals surface area contributed by atoms with Crippen LogP contribution in [0.2, 0.25) is 0 Å². The number of fused-ring (bicyclic) bond motifs is 1. The number of nitrogens with one attached hydrogen (secondary N) is 1. The first-order chi connectivity index (χ1) is 18.8. The number of aromatic nitrogens is 1. The van der Waals surface area contributed by atoms with E-state index in [1.165, 1.54) is 11.0 Å². The van der Waals surface area contributed by atoms with Crippen LogP contribution in [0.25, 0.3) is 0 Å². The molecule has 1 aromatic heterocycles. The maximum atomic E-state index is 13.2. The van der Waals surface area contributed by atoms with Crippen molar-refractivity contribution in [1.82, 2.24) is 20.1 Å². The fraction of sp³-hybridized carbons (Fsp3) is 0.552. The quantitative estimate of drug-likeness (QED) is 0.575. The Morgan fingerprint density at radius 2 is 2.03 bits per heavy atom. The summed E-state index contributed by atoms with van der Waals surface area (Å²) in [4.78, 5) is 34.2. The number of halogens is 3. The van der Waals surface area contributed by atoms with Crippen molar-refractivity contribution in [2.75, 3.05) is 39.4 Å². The van der Waals surface area contributed by atoms with Crippen LogP contribution in [0.5, 0.6) is 0 Å². The molecule has 5 rings (SSSR count). The highest BCUT2D eigenvalue weighted by atomic mass is 19.4. The van der Waals surface area contributed by atoms with Gasteiger partial charge < -0.3 is 15.0 Å². The van der Waals surface area contributed by atoms with Crippen LogP contribution in [-0.2, 0) is 28.5 Å². The van der Waals surface area contributed by atoms with Crippen LogP contribution in [0.3, 0.4) is 0 Å². The first kappa shape index (κ1) is 27.6. The lowest BCUT2D eigenvalue weighted by molar-refractivity contribution is -0.137. The Hall–Kier alpha value is -2.98. The lowest BCUT2D eigenvalue weighted by atomic mass is 9.95. The molecule has 0 aliphatic carbocycles. The number of carbonyl (C=O) groups is 2. The summed E-state index contributed by atoms with van der Waals surface area (Å²) >= 11 is 0. The van der Waals surface area contributed by atoms with Gasteiger partial charge in [-0.1, -0.05) is 12.1 Å². The van der Waals surface area contributed by atoms with Crippen molar-refractivity contribution in [2.24, 2.45) is 5.92 Å². The van der Waals surface area contributed by atoms with Crippen molar-refractivity contribution in [2.45, 2.75) is 56.8 Å².